The first kappa shape index (κ1) is 25.5. The van der Waals surface area contributed by atoms with Crippen LogP contribution in [0.3, 0.4) is 0 Å². The second-order valence-electron chi connectivity index (χ2n) is 6.69. The molecule has 0 bridgehead atoms. The van der Waals surface area contributed by atoms with E-state index in [2.05, 4.69) is 10.3 Å². The van der Waals surface area contributed by atoms with E-state index in [-0.39, 0.29) is 10.5 Å². The second-order valence-corrected chi connectivity index (χ2v) is 8.71. The number of nitrogens with zero attached hydrogens (tertiary/aromatic N) is 1. The van der Waals surface area contributed by atoms with Gasteiger partial charge in [-0.1, -0.05) is 12.1 Å². The van der Waals surface area contributed by atoms with Crippen molar-refractivity contribution < 1.29 is 36.3 Å². The molecule has 1 aromatic heterocycles. The maximum absolute atomic E-state index is 11.9. The Labute approximate surface area is 186 Å². The summed E-state index contributed by atoms with van der Waals surface area (Å²) in [5.74, 6) is -3.42. The van der Waals surface area contributed by atoms with Crippen LogP contribution >= 0.6 is 0 Å². The summed E-state index contributed by atoms with van der Waals surface area (Å²) in [6, 6.07) is 11.9. The van der Waals surface area contributed by atoms with E-state index in [0.717, 1.165) is 11.8 Å². The topological polar surface area (TPSA) is 165 Å². The fourth-order valence-electron chi connectivity index (χ4n) is 2.64. The first-order valence-corrected chi connectivity index (χ1v) is 10.9. The number of primary amides is 1. The molecule has 0 radical (unpaired) electrons. The molecule has 0 saturated heterocycles. The van der Waals surface area contributed by atoms with Crippen LogP contribution in [0.4, 0.5) is 24.5 Å². The number of nitrogens with one attached hydrogen (secondary N) is 1. The molecule has 0 aliphatic carbocycles. The first-order valence-electron chi connectivity index (χ1n) is 9.02. The normalized spacial score (nSPS) is 11.4. The Kier molecular flexibility index (Phi) is 7.61. The van der Waals surface area contributed by atoms with E-state index in [9.17, 15) is 26.4 Å². The van der Waals surface area contributed by atoms with Crippen molar-refractivity contribution >= 4 is 44.0 Å². The zero-order valence-corrected chi connectivity index (χ0v) is 17.9. The predicted molar refractivity (Wildman–Crippen MR) is 115 cm³/mol. The summed E-state index contributed by atoms with van der Waals surface area (Å²) in [6.07, 6.45) is -2.59. The number of halogens is 3. The monoisotopic (exact) mass is 484 g/mol. The summed E-state index contributed by atoms with van der Waals surface area (Å²) >= 11 is 0. The van der Waals surface area contributed by atoms with E-state index < -0.39 is 27.9 Å². The van der Waals surface area contributed by atoms with Gasteiger partial charge in [-0.15, -0.1) is 0 Å². The van der Waals surface area contributed by atoms with Gasteiger partial charge in [-0.05, 0) is 35.9 Å². The SMILES string of the molecule is CS(=O)(=O)c1ccc2ncc(C(N)=O)c(Nc3cccc(CN)c3)c2c1.O=C(O)C(F)(F)F. The molecule has 0 unspecified atom stereocenters. The lowest BCUT2D eigenvalue weighted by Gasteiger charge is -2.14. The van der Waals surface area contributed by atoms with Gasteiger partial charge in [0.05, 0.1) is 21.7 Å². The minimum atomic E-state index is -5.08. The van der Waals surface area contributed by atoms with Crippen molar-refractivity contribution in [1.82, 2.24) is 4.98 Å². The van der Waals surface area contributed by atoms with E-state index in [4.69, 9.17) is 21.4 Å². The van der Waals surface area contributed by atoms with Gasteiger partial charge in [-0.3, -0.25) is 9.78 Å². The smallest absolute Gasteiger partial charge is 0.475 e. The fraction of sp³-hybridized carbons (Fsp3) is 0.150. The van der Waals surface area contributed by atoms with Crippen molar-refractivity contribution in [1.29, 1.82) is 0 Å². The molecule has 3 rings (SSSR count). The molecule has 0 atom stereocenters. The van der Waals surface area contributed by atoms with Crippen LogP contribution in [0.15, 0.2) is 53.6 Å². The van der Waals surface area contributed by atoms with Gasteiger partial charge in [0.1, 0.15) is 0 Å². The molecule has 3 aromatic rings. The summed E-state index contributed by atoms with van der Waals surface area (Å²) in [4.78, 5) is 25.1. The third-order valence-electron chi connectivity index (χ3n) is 4.21. The van der Waals surface area contributed by atoms with Gasteiger partial charge < -0.3 is 21.9 Å². The number of pyridine rings is 1. The minimum absolute atomic E-state index is 0.132. The van der Waals surface area contributed by atoms with E-state index in [1.807, 2.05) is 24.3 Å². The molecule has 176 valence electrons. The zero-order valence-electron chi connectivity index (χ0n) is 17.1. The number of hydrogen-bond donors (Lipinski definition) is 4. The standard InChI is InChI=1S/C18H18N4O3S.C2HF3O2/c1-26(24,25)13-5-6-16-14(8-13)17(15(10-21-16)18(20)23)22-12-4-2-3-11(7-12)9-19;3-2(4,5)1(6)7/h2-8,10H,9,19H2,1H3,(H2,20,23)(H,21,22);(H,6,7). The lowest BCUT2D eigenvalue weighted by molar-refractivity contribution is -0.192. The van der Waals surface area contributed by atoms with Gasteiger partial charge in [-0.25, -0.2) is 13.2 Å². The van der Waals surface area contributed by atoms with Crippen LogP contribution < -0.4 is 16.8 Å². The number of aliphatic carboxylic acids is 1. The predicted octanol–water partition coefficient (Wildman–Crippen LogP) is 2.57. The molecule has 33 heavy (non-hydrogen) atoms. The van der Waals surface area contributed by atoms with Gasteiger partial charge in [0.25, 0.3) is 5.91 Å². The third-order valence-corrected chi connectivity index (χ3v) is 5.32. The number of alkyl halides is 3. The average molecular weight is 484 g/mol. The Balaban J connectivity index is 0.000000479. The Morgan fingerprint density at radius 1 is 1.15 bits per heavy atom. The van der Waals surface area contributed by atoms with Crippen LogP contribution in [0.5, 0.6) is 0 Å². The Bertz CT molecular complexity index is 1310. The Hall–Kier alpha value is -3.71. The summed E-state index contributed by atoms with van der Waals surface area (Å²) in [5, 5.41) is 10.8. The van der Waals surface area contributed by atoms with Crippen molar-refractivity contribution in [2.75, 3.05) is 11.6 Å². The molecule has 0 aliphatic heterocycles. The third kappa shape index (κ3) is 6.63. The number of carboxylic acids is 1. The minimum Gasteiger partial charge on any atom is -0.475 e. The number of anilines is 2. The quantitative estimate of drug-likeness (QED) is 0.429. The van der Waals surface area contributed by atoms with Crippen LogP contribution in [-0.4, -0.2) is 42.8 Å². The number of aromatic nitrogens is 1. The molecule has 1 heterocycles. The van der Waals surface area contributed by atoms with Crippen LogP contribution in [0.1, 0.15) is 15.9 Å². The average Bonchev–Trinajstić information content (AvgIpc) is 2.72. The maximum atomic E-state index is 11.9. The number of benzene rings is 2. The van der Waals surface area contributed by atoms with Gasteiger partial charge in [0.15, 0.2) is 9.84 Å². The van der Waals surface area contributed by atoms with Crippen LogP contribution in [-0.2, 0) is 21.2 Å². The highest BCUT2D eigenvalue weighted by Gasteiger charge is 2.38. The van der Waals surface area contributed by atoms with Crippen molar-refractivity contribution in [2.45, 2.75) is 17.6 Å². The van der Waals surface area contributed by atoms with Gasteiger partial charge in [0, 0.05) is 30.1 Å². The number of fused-ring (bicyclic) bond motifs is 1. The largest absolute Gasteiger partial charge is 0.490 e. The van der Waals surface area contributed by atoms with Gasteiger partial charge in [-0.2, -0.15) is 13.2 Å². The van der Waals surface area contributed by atoms with Crippen LogP contribution in [0.25, 0.3) is 10.9 Å². The number of rotatable bonds is 5. The summed E-state index contributed by atoms with van der Waals surface area (Å²) in [5.41, 5.74) is 13.9. The Morgan fingerprint density at radius 3 is 2.30 bits per heavy atom. The molecule has 2 aromatic carbocycles. The molecular weight excluding hydrogens is 465 g/mol. The van der Waals surface area contributed by atoms with Crippen molar-refractivity contribution in [3.63, 3.8) is 0 Å². The summed E-state index contributed by atoms with van der Waals surface area (Å²) < 4.78 is 55.5. The van der Waals surface area contributed by atoms with Crippen molar-refractivity contribution in [2.24, 2.45) is 11.5 Å². The highest BCUT2D eigenvalue weighted by atomic mass is 32.2. The Morgan fingerprint density at radius 2 is 1.79 bits per heavy atom. The van der Waals surface area contributed by atoms with Crippen LogP contribution in [0.2, 0.25) is 0 Å². The molecule has 9 nitrogen and oxygen atoms in total. The number of carboxylic acid groups (broad SMARTS) is 1. The molecule has 0 fully saturated rings. The number of amides is 1. The first-order chi connectivity index (χ1) is 15.2. The maximum Gasteiger partial charge on any atom is 0.490 e. The molecule has 0 spiro atoms. The molecule has 1 amide bonds. The van der Waals surface area contributed by atoms with Crippen molar-refractivity contribution in [3.8, 4) is 0 Å². The molecular formula is C20H19F3N4O5S. The summed E-state index contributed by atoms with van der Waals surface area (Å²) in [6.45, 7) is 0.369. The highest BCUT2D eigenvalue weighted by Crippen LogP contribution is 2.31. The lowest BCUT2D eigenvalue weighted by atomic mass is 10.1. The number of nitrogens with two attached hydrogens (primary N) is 2. The molecule has 0 saturated carbocycles. The number of sulfone groups is 1. The number of carbonyl (C=O) groups is 2. The number of carbonyl (C=O) groups excluding carboxylic acids is 1. The van der Waals surface area contributed by atoms with Crippen molar-refractivity contribution in [3.05, 3.63) is 59.8 Å². The molecule has 0 aliphatic rings. The highest BCUT2D eigenvalue weighted by molar-refractivity contribution is 7.90. The lowest BCUT2D eigenvalue weighted by Crippen LogP contribution is -2.21. The van der Waals surface area contributed by atoms with E-state index >= 15 is 0 Å². The van der Waals surface area contributed by atoms with E-state index in [1.54, 1.807) is 6.07 Å². The van der Waals surface area contributed by atoms with Crippen LogP contribution in [0, 0.1) is 0 Å². The molecule has 6 N–H and O–H groups in total. The molecule has 13 heteroatoms. The number of hydrogen-bond acceptors (Lipinski definition) is 7. The van der Waals surface area contributed by atoms with E-state index in [1.165, 1.54) is 18.3 Å². The van der Waals surface area contributed by atoms with Gasteiger partial charge >= 0.3 is 12.1 Å². The second kappa shape index (κ2) is 9.83. The fourth-order valence-corrected chi connectivity index (χ4v) is 3.29. The van der Waals surface area contributed by atoms with E-state index in [0.29, 0.717) is 28.8 Å². The zero-order chi connectivity index (χ0) is 25.0. The van der Waals surface area contributed by atoms with Gasteiger partial charge in [0.2, 0.25) is 0 Å². The summed E-state index contributed by atoms with van der Waals surface area (Å²) in [7, 11) is -3.42.